The van der Waals surface area contributed by atoms with E-state index in [2.05, 4.69) is 0 Å². The summed E-state index contributed by atoms with van der Waals surface area (Å²) in [4.78, 5) is 15.1. The largest absolute Gasteiger partial charge is 0.342 e. The van der Waals surface area contributed by atoms with Crippen LogP contribution in [-0.4, -0.2) is 49.7 Å². The van der Waals surface area contributed by atoms with Gasteiger partial charge in [-0.05, 0) is 38.3 Å². The highest BCUT2D eigenvalue weighted by molar-refractivity contribution is 7.91. The summed E-state index contributed by atoms with van der Waals surface area (Å²) >= 11 is 1.29. The van der Waals surface area contributed by atoms with Gasteiger partial charge in [-0.3, -0.25) is 4.79 Å². The normalized spacial score (nSPS) is 23.9. The molecule has 21 heavy (non-hydrogen) atoms. The smallest absolute Gasteiger partial charge is 0.252 e. The van der Waals surface area contributed by atoms with Gasteiger partial charge in [0, 0.05) is 31.1 Å². The Morgan fingerprint density at radius 1 is 1.24 bits per heavy atom. The van der Waals surface area contributed by atoms with E-state index >= 15 is 0 Å². The van der Waals surface area contributed by atoms with Crippen molar-refractivity contribution in [3.63, 3.8) is 0 Å². The third kappa shape index (κ3) is 2.86. The summed E-state index contributed by atoms with van der Waals surface area (Å²) in [5, 5.41) is 0. The maximum Gasteiger partial charge on any atom is 0.252 e. The number of carbonyl (C=O) groups excluding carboxylic acids is 1. The Hall–Kier alpha value is -0.920. The average molecular weight is 328 g/mol. The lowest BCUT2D eigenvalue weighted by Crippen LogP contribution is -2.50. The molecular formula is C14H20N2O3S2. The van der Waals surface area contributed by atoms with Gasteiger partial charge in [-0.15, -0.1) is 11.3 Å². The molecule has 3 heterocycles. The summed E-state index contributed by atoms with van der Waals surface area (Å²) < 4.78 is 27.1. The number of hydrogen-bond acceptors (Lipinski definition) is 4. The van der Waals surface area contributed by atoms with Crippen LogP contribution < -0.4 is 0 Å². The standard InChI is InChI=1S/C14H20N2O3S2/c1-11-5-6-13(20-11)21(18,19)16-9-2-4-12(10-16)14(17)15-7-3-8-15/h5-6,12H,2-4,7-10H2,1H3. The molecule has 5 nitrogen and oxygen atoms in total. The molecule has 0 aromatic carbocycles. The van der Waals surface area contributed by atoms with Crippen LogP contribution in [0.15, 0.2) is 16.3 Å². The first kappa shape index (κ1) is 15.0. The van der Waals surface area contributed by atoms with Gasteiger partial charge in [0.2, 0.25) is 5.91 Å². The van der Waals surface area contributed by atoms with E-state index in [0.717, 1.165) is 37.2 Å². The number of likely N-dealkylation sites (tertiary alicyclic amines) is 1. The predicted octanol–water partition coefficient (Wildman–Crippen LogP) is 1.69. The third-order valence-corrected chi connectivity index (χ3v) is 7.54. The van der Waals surface area contributed by atoms with Crippen molar-refractivity contribution < 1.29 is 13.2 Å². The molecule has 7 heteroatoms. The zero-order chi connectivity index (χ0) is 15.0. The van der Waals surface area contributed by atoms with E-state index in [-0.39, 0.29) is 11.8 Å². The van der Waals surface area contributed by atoms with Crippen molar-refractivity contribution in [3.05, 3.63) is 17.0 Å². The topological polar surface area (TPSA) is 57.7 Å². The molecule has 0 aliphatic carbocycles. The molecule has 2 saturated heterocycles. The van der Waals surface area contributed by atoms with Crippen molar-refractivity contribution in [1.29, 1.82) is 0 Å². The SMILES string of the molecule is Cc1ccc(S(=O)(=O)N2CCCC(C(=O)N3CCC3)C2)s1. The minimum Gasteiger partial charge on any atom is -0.342 e. The van der Waals surface area contributed by atoms with Crippen LogP contribution in [0.1, 0.15) is 24.1 Å². The number of amides is 1. The molecule has 1 amide bonds. The molecule has 1 aromatic rings. The van der Waals surface area contributed by atoms with Crippen LogP contribution >= 0.6 is 11.3 Å². The second kappa shape index (κ2) is 5.70. The Morgan fingerprint density at radius 3 is 2.57 bits per heavy atom. The van der Waals surface area contributed by atoms with Crippen molar-refractivity contribution in [2.24, 2.45) is 5.92 Å². The van der Waals surface area contributed by atoms with Crippen LogP contribution in [0, 0.1) is 12.8 Å². The molecule has 1 aromatic heterocycles. The Bertz CT molecular complexity index is 634. The van der Waals surface area contributed by atoms with Gasteiger partial charge < -0.3 is 4.90 Å². The molecule has 1 unspecified atom stereocenters. The van der Waals surface area contributed by atoms with Gasteiger partial charge in [-0.25, -0.2) is 8.42 Å². The van der Waals surface area contributed by atoms with Crippen molar-refractivity contribution >= 4 is 27.3 Å². The summed E-state index contributed by atoms with van der Waals surface area (Å²) in [6, 6.07) is 3.49. The van der Waals surface area contributed by atoms with Gasteiger partial charge in [-0.1, -0.05) is 0 Å². The highest BCUT2D eigenvalue weighted by Crippen LogP contribution is 2.29. The quantitative estimate of drug-likeness (QED) is 0.848. The summed E-state index contributed by atoms with van der Waals surface area (Å²) in [7, 11) is -3.44. The molecule has 116 valence electrons. The van der Waals surface area contributed by atoms with Gasteiger partial charge in [0.05, 0.1) is 5.92 Å². The Labute approximate surface area is 129 Å². The van der Waals surface area contributed by atoms with E-state index in [1.54, 1.807) is 6.07 Å². The van der Waals surface area contributed by atoms with Crippen molar-refractivity contribution in [2.45, 2.75) is 30.4 Å². The number of hydrogen-bond donors (Lipinski definition) is 0. The molecule has 0 radical (unpaired) electrons. The fourth-order valence-corrected chi connectivity index (χ4v) is 5.80. The molecular weight excluding hydrogens is 308 g/mol. The number of aryl methyl sites for hydroxylation is 1. The minimum atomic E-state index is -3.44. The van der Waals surface area contributed by atoms with E-state index in [4.69, 9.17) is 0 Å². The Balaban J connectivity index is 1.74. The van der Waals surface area contributed by atoms with E-state index < -0.39 is 10.0 Å². The Morgan fingerprint density at radius 2 is 2.00 bits per heavy atom. The summed E-state index contributed by atoms with van der Waals surface area (Å²) in [6.45, 7) is 4.40. The number of nitrogens with zero attached hydrogens (tertiary/aromatic N) is 2. The maximum absolute atomic E-state index is 12.6. The zero-order valence-corrected chi connectivity index (χ0v) is 13.8. The minimum absolute atomic E-state index is 0.128. The number of piperidine rings is 1. The highest BCUT2D eigenvalue weighted by atomic mass is 32.2. The van der Waals surface area contributed by atoms with Crippen LogP contribution in [0.5, 0.6) is 0 Å². The zero-order valence-electron chi connectivity index (χ0n) is 12.1. The van der Waals surface area contributed by atoms with Crippen molar-refractivity contribution in [3.8, 4) is 0 Å². The fourth-order valence-electron chi connectivity index (χ4n) is 2.84. The van der Waals surface area contributed by atoms with E-state index in [9.17, 15) is 13.2 Å². The van der Waals surface area contributed by atoms with Crippen LogP contribution in [0.4, 0.5) is 0 Å². The van der Waals surface area contributed by atoms with E-state index in [0.29, 0.717) is 17.3 Å². The van der Waals surface area contributed by atoms with E-state index in [1.807, 2.05) is 17.9 Å². The number of thiophene rings is 1. The first-order valence-corrected chi connectivity index (χ1v) is 9.59. The predicted molar refractivity (Wildman–Crippen MR) is 81.7 cm³/mol. The molecule has 0 bridgehead atoms. The van der Waals surface area contributed by atoms with Gasteiger partial charge in [0.15, 0.2) is 0 Å². The first-order chi connectivity index (χ1) is 9.98. The van der Waals surface area contributed by atoms with Crippen LogP contribution in [-0.2, 0) is 14.8 Å². The monoisotopic (exact) mass is 328 g/mol. The Kier molecular flexibility index (Phi) is 4.07. The van der Waals surface area contributed by atoms with Gasteiger partial charge in [-0.2, -0.15) is 4.31 Å². The molecule has 1 atom stereocenters. The molecule has 2 aliphatic rings. The third-order valence-electron chi connectivity index (χ3n) is 4.21. The second-order valence-electron chi connectivity index (χ2n) is 5.75. The van der Waals surface area contributed by atoms with Gasteiger partial charge in [0.1, 0.15) is 4.21 Å². The van der Waals surface area contributed by atoms with Crippen molar-refractivity contribution in [2.75, 3.05) is 26.2 Å². The fraction of sp³-hybridized carbons (Fsp3) is 0.643. The molecule has 0 spiro atoms. The average Bonchev–Trinajstić information content (AvgIpc) is 2.84. The lowest BCUT2D eigenvalue weighted by molar-refractivity contribution is -0.140. The van der Waals surface area contributed by atoms with Crippen LogP contribution in [0.2, 0.25) is 0 Å². The number of sulfonamides is 1. The highest BCUT2D eigenvalue weighted by Gasteiger charge is 2.36. The summed E-state index contributed by atoms with van der Waals surface area (Å²) in [6.07, 6.45) is 2.62. The molecule has 3 rings (SSSR count). The van der Waals surface area contributed by atoms with Crippen LogP contribution in [0.3, 0.4) is 0 Å². The number of carbonyl (C=O) groups is 1. The lowest BCUT2D eigenvalue weighted by atomic mass is 9.97. The summed E-state index contributed by atoms with van der Waals surface area (Å²) in [5.41, 5.74) is 0. The molecule has 2 fully saturated rings. The summed E-state index contributed by atoms with van der Waals surface area (Å²) in [5.74, 6) is -0.0432. The number of rotatable bonds is 3. The van der Waals surface area contributed by atoms with Gasteiger partial charge in [0.25, 0.3) is 10.0 Å². The van der Waals surface area contributed by atoms with E-state index in [1.165, 1.54) is 15.6 Å². The molecule has 0 N–H and O–H groups in total. The second-order valence-corrected chi connectivity index (χ2v) is 9.20. The molecule has 0 saturated carbocycles. The lowest BCUT2D eigenvalue weighted by Gasteiger charge is -2.37. The first-order valence-electron chi connectivity index (χ1n) is 7.34. The van der Waals surface area contributed by atoms with Crippen LogP contribution in [0.25, 0.3) is 0 Å². The maximum atomic E-state index is 12.6. The van der Waals surface area contributed by atoms with Crippen molar-refractivity contribution in [1.82, 2.24) is 9.21 Å². The molecule has 2 aliphatic heterocycles. The van der Waals surface area contributed by atoms with Gasteiger partial charge >= 0.3 is 0 Å².